The van der Waals surface area contributed by atoms with Gasteiger partial charge >= 0.3 is 6.03 Å². The Morgan fingerprint density at radius 3 is 2.75 bits per heavy atom. The molecule has 0 atom stereocenters. The van der Waals surface area contributed by atoms with Crippen LogP contribution in [0.3, 0.4) is 0 Å². The van der Waals surface area contributed by atoms with Gasteiger partial charge in [-0.15, -0.1) is 5.10 Å². The Balaban J connectivity index is 1.25. The molecule has 0 spiro atoms. The normalized spacial score (nSPS) is 18.4. The predicted molar refractivity (Wildman–Crippen MR) is 108 cm³/mol. The second kappa shape index (κ2) is 8.63. The topological polar surface area (TPSA) is 72.3 Å². The van der Waals surface area contributed by atoms with E-state index in [0.29, 0.717) is 11.8 Å². The zero-order chi connectivity index (χ0) is 19.3. The average Bonchev–Trinajstić information content (AvgIpc) is 3.40. The van der Waals surface area contributed by atoms with Gasteiger partial charge < -0.3 is 15.0 Å². The molecular formula is C21H29N5O2. The summed E-state index contributed by atoms with van der Waals surface area (Å²) in [5, 5.41) is 11.7. The van der Waals surface area contributed by atoms with E-state index >= 15 is 0 Å². The lowest BCUT2D eigenvalue weighted by atomic mass is 9.97. The molecule has 2 fully saturated rings. The summed E-state index contributed by atoms with van der Waals surface area (Å²) in [6.45, 7) is 2.43. The number of carbonyl (C=O) groups is 1. The highest BCUT2D eigenvalue weighted by molar-refractivity contribution is 5.89. The maximum absolute atomic E-state index is 12.5. The van der Waals surface area contributed by atoms with Crippen molar-refractivity contribution in [3.8, 4) is 5.75 Å². The summed E-state index contributed by atoms with van der Waals surface area (Å²) in [5.74, 6) is 1.89. The fourth-order valence-electron chi connectivity index (χ4n) is 4.30. The molecule has 7 heteroatoms. The summed E-state index contributed by atoms with van der Waals surface area (Å²) >= 11 is 0. The number of likely N-dealkylation sites (tertiary alicyclic amines) is 1. The van der Waals surface area contributed by atoms with E-state index < -0.39 is 0 Å². The zero-order valence-corrected chi connectivity index (χ0v) is 16.5. The van der Waals surface area contributed by atoms with Gasteiger partial charge in [-0.05, 0) is 43.7 Å². The Hall–Kier alpha value is -2.57. The van der Waals surface area contributed by atoms with Crippen molar-refractivity contribution < 1.29 is 9.53 Å². The van der Waals surface area contributed by atoms with Gasteiger partial charge in [0.05, 0.1) is 12.8 Å². The van der Waals surface area contributed by atoms with Gasteiger partial charge in [-0.3, -0.25) is 4.68 Å². The summed E-state index contributed by atoms with van der Waals surface area (Å²) in [7, 11) is 1.62. The van der Waals surface area contributed by atoms with Gasteiger partial charge in [0.15, 0.2) is 0 Å². The number of urea groups is 1. The first-order chi connectivity index (χ1) is 13.7. The first-order valence-corrected chi connectivity index (χ1v) is 10.3. The van der Waals surface area contributed by atoms with Gasteiger partial charge in [0.1, 0.15) is 5.75 Å². The van der Waals surface area contributed by atoms with Crippen molar-refractivity contribution in [3.63, 3.8) is 0 Å². The van der Waals surface area contributed by atoms with E-state index in [0.717, 1.165) is 49.6 Å². The Morgan fingerprint density at radius 2 is 2.00 bits per heavy atom. The quantitative estimate of drug-likeness (QED) is 0.850. The minimum absolute atomic E-state index is 0.0454. The highest BCUT2D eigenvalue weighted by Crippen LogP contribution is 2.32. The van der Waals surface area contributed by atoms with E-state index in [1.165, 1.54) is 25.7 Å². The molecule has 1 saturated carbocycles. The second-order valence-electron chi connectivity index (χ2n) is 7.94. The lowest BCUT2D eigenvalue weighted by Crippen LogP contribution is -2.41. The van der Waals surface area contributed by atoms with Crippen molar-refractivity contribution in [2.45, 2.75) is 51.0 Å². The van der Waals surface area contributed by atoms with Crippen LogP contribution in [0.15, 0.2) is 30.5 Å². The van der Waals surface area contributed by atoms with E-state index in [9.17, 15) is 4.79 Å². The summed E-state index contributed by atoms with van der Waals surface area (Å²) in [5.41, 5.74) is 1.92. The molecule has 0 radical (unpaired) electrons. The van der Waals surface area contributed by atoms with Crippen molar-refractivity contribution >= 4 is 11.7 Å². The van der Waals surface area contributed by atoms with Crippen molar-refractivity contribution in [2.75, 3.05) is 25.5 Å². The standard InChI is InChI=1S/C21H29N5O2/c1-28-19-8-4-7-18(13-19)22-21(27)25-11-9-16(10-12-25)14-26-15-20(23-24-26)17-5-2-3-6-17/h4,7-8,13,15-17H,2-3,5-6,9-12,14H2,1H3,(H,22,27). The second-order valence-corrected chi connectivity index (χ2v) is 7.94. The molecule has 150 valence electrons. The van der Waals surface area contributed by atoms with E-state index in [4.69, 9.17) is 4.74 Å². The Kier molecular flexibility index (Phi) is 5.78. The third-order valence-electron chi connectivity index (χ3n) is 6.00. The van der Waals surface area contributed by atoms with E-state index in [-0.39, 0.29) is 6.03 Å². The number of benzene rings is 1. The molecule has 2 aliphatic rings. The first kappa shape index (κ1) is 18.8. The highest BCUT2D eigenvalue weighted by atomic mass is 16.5. The number of amides is 2. The fourth-order valence-corrected chi connectivity index (χ4v) is 4.30. The molecule has 4 rings (SSSR count). The number of hydrogen-bond acceptors (Lipinski definition) is 4. The van der Waals surface area contributed by atoms with Gasteiger partial charge in [0, 0.05) is 43.5 Å². The van der Waals surface area contributed by atoms with Gasteiger partial charge in [0.25, 0.3) is 0 Å². The Morgan fingerprint density at radius 1 is 1.21 bits per heavy atom. The zero-order valence-electron chi connectivity index (χ0n) is 16.5. The molecule has 1 aromatic heterocycles. The van der Waals surface area contributed by atoms with Crippen LogP contribution < -0.4 is 10.1 Å². The lowest BCUT2D eigenvalue weighted by Gasteiger charge is -2.31. The van der Waals surface area contributed by atoms with Crippen LogP contribution in [0.2, 0.25) is 0 Å². The molecule has 1 aromatic carbocycles. The van der Waals surface area contributed by atoms with E-state index in [1.54, 1.807) is 7.11 Å². The minimum Gasteiger partial charge on any atom is -0.497 e. The first-order valence-electron chi connectivity index (χ1n) is 10.3. The number of ether oxygens (including phenoxy) is 1. The number of nitrogens with one attached hydrogen (secondary N) is 1. The van der Waals surface area contributed by atoms with Crippen LogP contribution >= 0.6 is 0 Å². The average molecular weight is 383 g/mol. The van der Waals surface area contributed by atoms with E-state index in [2.05, 4.69) is 21.8 Å². The monoisotopic (exact) mass is 383 g/mol. The van der Waals surface area contributed by atoms with Crippen LogP contribution in [0.5, 0.6) is 5.75 Å². The Labute approximate surface area is 166 Å². The summed E-state index contributed by atoms with van der Waals surface area (Å²) in [6.07, 6.45) is 9.24. The third-order valence-corrected chi connectivity index (χ3v) is 6.00. The molecule has 1 aliphatic heterocycles. The minimum atomic E-state index is -0.0454. The van der Waals surface area contributed by atoms with E-state index in [1.807, 2.05) is 33.8 Å². The third kappa shape index (κ3) is 4.46. The number of nitrogens with zero attached hydrogens (tertiary/aromatic N) is 4. The molecule has 0 unspecified atom stereocenters. The summed E-state index contributed by atoms with van der Waals surface area (Å²) in [6, 6.07) is 7.40. The van der Waals surface area contributed by atoms with Crippen LogP contribution in [0.1, 0.15) is 50.1 Å². The van der Waals surface area contributed by atoms with Crippen LogP contribution in [0.25, 0.3) is 0 Å². The summed E-state index contributed by atoms with van der Waals surface area (Å²) in [4.78, 5) is 14.4. The molecule has 28 heavy (non-hydrogen) atoms. The number of carbonyl (C=O) groups excluding carboxylic acids is 1. The highest BCUT2D eigenvalue weighted by Gasteiger charge is 2.25. The molecule has 1 aliphatic carbocycles. The van der Waals surface area contributed by atoms with Gasteiger partial charge in [-0.25, -0.2) is 4.79 Å². The van der Waals surface area contributed by atoms with Gasteiger partial charge in [-0.1, -0.05) is 24.1 Å². The molecule has 2 aromatic rings. The number of rotatable bonds is 5. The molecule has 7 nitrogen and oxygen atoms in total. The van der Waals surface area contributed by atoms with Crippen molar-refractivity contribution in [2.24, 2.45) is 5.92 Å². The number of anilines is 1. The summed E-state index contributed by atoms with van der Waals surface area (Å²) < 4.78 is 7.21. The van der Waals surface area contributed by atoms with Gasteiger partial charge in [0.2, 0.25) is 0 Å². The lowest BCUT2D eigenvalue weighted by molar-refractivity contribution is 0.175. The number of methoxy groups -OCH3 is 1. The van der Waals surface area contributed by atoms with Crippen LogP contribution in [0.4, 0.5) is 10.5 Å². The van der Waals surface area contributed by atoms with Crippen LogP contribution in [-0.4, -0.2) is 46.1 Å². The molecule has 1 saturated heterocycles. The predicted octanol–water partition coefficient (Wildman–Crippen LogP) is 3.89. The van der Waals surface area contributed by atoms with Crippen molar-refractivity contribution in [1.29, 1.82) is 0 Å². The Bertz CT molecular complexity index is 792. The van der Waals surface area contributed by atoms with Crippen molar-refractivity contribution in [1.82, 2.24) is 19.9 Å². The molecule has 2 heterocycles. The molecule has 0 bridgehead atoms. The molecule has 1 N–H and O–H groups in total. The number of hydrogen-bond donors (Lipinski definition) is 1. The molecular weight excluding hydrogens is 354 g/mol. The maximum atomic E-state index is 12.5. The fraction of sp³-hybridized carbons (Fsp3) is 0.571. The largest absolute Gasteiger partial charge is 0.497 e. The van der Waals surface area contributed by atoms with Gasteiger partial charge in [-0.2, -0.15) is 0 Å². The van der Waals surface area contributed by atoms with Crippen LogP contribution in [0, 0.1) is 5.92 Å². The number of piperidine rings is 1. The van der Waals surface area contributed by atoms with Crippen LogP contribution in [-0.2, 0) is 6.54 Å². The maximum Gasteiger partial charge on any atom is 0.321 e. The number of aromatic nitrogens is 3. The molecule has 2 amide bonds. The smallest absolute Gasteiger partial charge is 0.321 e. The van der Waals surface area contributed by atoms with Crippen molar-refractivity contribution in [3.05, 3.63) is 36.2 Å². The SMILES string of the molecule is COc1cccc(NC(=O)N2CCC(Cn3cc(C4CCCC4)nn3)CC2)c1.